The number of carbonyl (C=O) groups excluding carboxylic acids is 2. The van der Waals surface area contributed by atoms with Crippen LogP contribution >= 0.6 is 0 Å². The van der Waals surface area contributed by atoms with Gasteiger partial charge in [-0.25, -0.2) is 0 Å². The van der Waals surface area contributed by atoms with E-state index in [9.17, 15) is 22.8 Å². The third kappa shape index (κ3) is 5.48. The van der Waals surface area contributed by atoms with Crippen molar-refractivity contribution in [1.82, 2.24) is 10.2 Å². The lowest BCUT2D eigenvalue weighted by molar-refractivity contribution is -0.143. The summed E-state index contributed by atoms with van der Waals surface area (Å²) in [6, 6.07) is 0. The molecule has 19 heavy (non-hydrogen) atoms. The second kappa shape index (κ2) is 6.77. The summed E-state index contributed by atoms with van der Waals surface area (Å²) in [6.45, 7) is 1.52. The maximum atomic E-state index is 12.0. The summed E-state index contributed by atoms with van der Waals surface area (Å²) in [5.74, 6) is -0.940. The predicted octanol–water partition coefficient (Wildman–Crippen LogP) is 1.70. The molecular formula is C12H19F3N2O2. The third-order valence-corrected chi connectivity index (χ3v) is 3.15. The first-order valence-corrected chi connectivity index (χ1v) is 6.45. The average Bonchev–Trinajstić information content (AvgIpc) is 2.35. The topological polar surface area (TPSA) is 49.4 Å². The van der Waals surface area contributed by atoms with Crippen molar-refractivity contribution in [3.8, 4) is 0 Å². The van der Waals surface area contributed by atoms with E-state index in [1.807, 2.05) is 12.2 Å². The molecule has 0 aromatic carbocycles. The van der Waals surface area contributed by atoms with Gasteiger partial charge in [-0.2, -0.15) is 13.2 Å². The van der Waals surface area contributed by atoms with Crippen molar-refractivity contribution in [1.29, 1.82) is 0 Å². The Kier molecular flexibility index (Phi) is 5.62. The van der Waals surface area contributed by atoms with E-state index in [-0.39, 0.29) is 5.91 Å². The minimum Gasteiger partial charge on any atom is -0.347 e. The number of rotatable bonds is 4. The number of hydrogen-bond donors (Lipinski definition) is 1. The largest absolute Gasteiger partial charge is 0.405 e. The van der Waals surface area contributed by atoms with Crippen molar-refractivity contribution in [2.45, 2.75) is 38.8 Å². The minimum atomic E-state index is -4.38. The molecular weight excluding hydrogens is 261 g/mol. The maximum absolute atomic E-state index is 12.0. The highest BCUT2D eigenvalue weighted by atomic mass is 19.4. The lowest BCUT2D eigenvalue weighted by Gasteiger charge is -2.31. The Morgan fingerprint density at radius 3 is 2.32 bits per heavy atom. The van der Waals surface area contributed by atoms with E-state index in [4.69, 9.17) is 0 Å². The van der Waals surface area contributed by atoms with Gasteiger partial charge in [-0.05, 0) is 19.3 Å². The smallest absolute Gasteiger partial charge is 0.347 e. The van der Waals surface area contributed by atoms with Crippen LogP contribution in [-0.4, -0.2) is 42.5 Å². The van der Waals surface area contributed by atoms with E-state index >= 15 is 0 Å². The SMILES string of the molecule is CCCC(=O)N1CCC(C(=O)NCC(F)(F)F)CC1. The number of piperidine rings is 1. The molecule has 0 aromatic rings. The Balaban J connectivity index is 2.33. The van der Waals surface area contributed by atoms with Crippen molar-refractivity contribution in [2.24, 2.45) is 5.92 Å². The fourth-order valence-corrected chi connectivity index (χ4v) is 2.09. The molecule has 0 aromatic heterocycles. The van der Waals surface area contributed by atoms with Crippen LogP contribution in [0.4, 0.5) is 13.2 Å². The number of hydrogen-bond acceptors (Lipinski definition) is 2. The van der Waals surface area contributed by atoms with Gasteiger partial charge in [0, 0.05) is 25.4 Å². The number of nitrogens with one attached hydrogen (secondary N) is 1. The summed E-state index contributed by atoms with van der Waals surface area (Å²) in [6.07, 6.45) is -2.28. The molecule has 0 unspecified atom stereocenters. The summed E-state index contributed by atoms with van der Waals surface area (Å²) < 4.78 is 35.9. The van der Waals surface area contributed by atoms with Crippen molar-refractivity contribution in [3.63, 3.8) is 0 Å². The zero-order chi connectivity index (χ0) is 14.5. The molecule has 1 saturated heterocycles. The van der Waals surface area contributed by atoms with Crippen LogP contribution in [0.2, 0.25) is 0 Å². The Morgan fingerprint density at radius 1 is 1.26 bits per heavy atom. The molecule has 7 heteroatoms. The number of halogens is 3. The van der Waals surface area contributed by atoms with Gasteiger partial charge in [-0.3, -0.25) is 9.59 Å². The zero-order valence-electron chi connectivity index (χ0n) is 10.9. The predicted molar refractivity (Wildman–Crippen MR) is 63.3 cm³/mol. The van der Waals surface area contributed by atoms with Gasteiger partial charge in [0.1, 0.15) is 6.54 Å². The normalized spacial score (nSPS) is 17.4. The molecule has 0 saturated carbocycles. The Labute approximate surface area is 110 Å². The second-order valence-corrected chi connectivity index (χ2v) is 4.74. The summed E-state index contributed by atoms with van der Waals surface area (Å²) in [4.78, 5) is 24.8. The van der Waals surface area contributed by atoms with Crippen LogP contribution in [0.1, 0.15) is 32.6 Å². The molecule has 1 aliphatic heterocycles. The molecule has 0 aliphatic carbocycles. The van der Waals surface area contributed by atoms with E-state index in [1.165, 1.54) is 0 Å². The summed E-state index contributed by atoms with van der Waals surface area (Å²) in [7, 11) is 0. The van der Waals surface area contributed by atoms with Crippen molar-refractivity contribution in [3.05, 3.63) is 0 Å². The Bertz CT molecular complexity index is 323. The number of likely N-dealkylation sites (tertiary alicyclic amines) is 1. The van der Waals surface area contributed by atoms with Gasteiger partial charge in [-0.1, -0.05) is 6.92 Å². The van der Waals surface area contributed by atoms with E-state index in [2.05, 4.69) is 0 Å². The average molecular weight is 280 g/mol. The fraction of sp³-hybridized carbons (Fsp3) is 0.833. The number of nitrogens with zero attached hydrogens (tertiary/aromatic N) is 1. The molecule has 1 rings (SSSR count). The molecule has 0 bridgehead atoms. The number of carbonyl (C=O) groups is 2. The van der Waals surface area contributed by atoms with Gasteiger partial charge in [0.2, 0.25) is 11.8 Å². The minimum absolute atomic E-state index is 0.0525. The van der Waals surface area contributed by atoms with Gasteiger partial charge in [0.25, 0.3) is 0 Å². The molecule has 4 nitrogen and oxygen atoms in total. The summed E-state index contributed by atoms with van der Waals surface area (Å²) in [5, 5.41) is 1.89. The van der Waals surface area contributed by atoms with Gasteiger partial charge in [-0.15, -0.1) is 0 Å². The lowest BCUT2D eigenvalue weighted by Crippen LogP contribution is -2.44. The van der Waals surface area contributed by atoms with Gasteiger partial charge < -0.3 is 10.2 Å². The summed E-state index contributed by atoms with van der Waals surface area (Å²) in [5.41, 5.74) is 0. The zero-order valence-corrected chi connectivity index (χ0v) is 10.9. The van der Waals surface area contributed by atoms with Crippen molar-refractivity contribution in [2.75, 3.05) is 19.6 Å². The molecule has 0 spiro atoms. The first-order chi connectivity index (χ1) is 8.83. The fourth-order valence-electron chi connectivity index (χ4n) is 2.09. The highest BCUT2D eigenvalue weighted by Gasteiger charge is 2.31. The first kappa shape index (κ1) is 15.8. The lowest BCUT2D eigenvalue weighted by atomic mass is 9.95. The van der Waals surface area contributed by atoms with E-state index in [1.54, 1.807) is 4.90 Å². The van der Waals surface area contributed by atoms with Crippen LogP contribution in [0.3, 0.4) is 0 Å². The van der Waals surface area contributed by atoms with Crippen LogP contribution in [0.15, 0.2) is 0 Å². The molecule has 0 atom stereocenters. The maximum Gasteiger partial charge on any atom is 0.405 e. The highest BCUT2D eigenvalue weighted by Crippen LogP contribution is 2.19. The van der Waals surface area contributed by atoms with E-state index < -0.39 is 24.5 Å². The van der Waals surface area contributed by atoms with Crippen LogP contribution in [0, 0.1) is 5.92 Å². The molecule has 1 fully saturated rings. The Morgan fingerprint density at radius 2 is 1.84 bits per heavy atom. The van der Waals surface area contributed by atoms with Crippen LogP contribution in [0.5, 0.6) is 0 Å². The second-order valence-electron chi connectivity index (χ2n) is 4.74. The van der Waals surface area contributed by atoms with Gasteiger partial charge in [0.05, 0.1) is 0 Å². The molecule has 110 valence electrons. The van der Waals surface area contributed by atoms with Crippen LogP contribution in [-0.2, 0) is 9.59 Å². The van der Waals surface area contributed by atoms with E-state index in [0.29, 0.717) is 32.4 Å². The summed E-state index contributed by atoms with van der Waals surface area (Å²) >= 11 is 0. The molecule has 1 heterocycles. The quantitative estimate of drug-likeness (QED) is 0.852. The number of alkyl halides is 3. The van der Waals surface area contributed by atoms with Crippen molar-refractivity contribution >= 4 is 11.8 Å². The molecule has 1 N–H and O–H groups in total. The van der Waals surface area contributed by atoms with Gasteiger partial charge in [0.15, 0.2) is 0 Å². The van der Waals surface area contributed by atoms with Crippen molar-refractivity contribution < 1.29 is 22.8 Å². The standard InChI is InChI=1S/C12H19F3N2O2/c1-2-3-10(18)17-6-4-9(5-7-17)11(19)16-8-12(13,14)15/h9H,2-8H2,1H3,(H,16,19). The monoisotopic (exact) mass is 280 g/mol. The molecule has 0 radical (unpaired) electrons. The van der Waals surface area contributed by atoms with Gasteiger partial charge >= 0.3 is 6.18 Å². The third-order valence-electron chi connectivity index (χ3n) is 3.15. The Hall–Kier alpha value is -1.27. The highest BCUT2D eigenvalue weighted by molar-refractivity contribution is 5.80. The molecule has 1 aliphatic rings. The van der Waals surface area contributed by atoms with Crippen LogP contribution < -0.4 is 5.32 Å². The molecule has 2 amide bonds. The van der Waals surface area contributed by atoms with Crippen LogP contribution in [0.25, 0.3) is 0 Å². The first-order valence-electron chi connectivity index (χ1n) is 6.45. The number of amides is 2. The van der Waals surface area contributed by atoms with E-state index in [0.717, 1.165) is 6.42 Å².